The molecule has 6 aromatic rings. The maximum Gasteiger partial charge on any atom is 0.181 e. The van der Waals surface area contributed by atoms with Crippen molar-refractivity contribution in [2.75, 3.05) is 13.7 Å². The molecule has 2 atom stereocenters. The summed E-state index contributed by atoms with van der Waals surface area (Å²) in [6.45, 7) is 10.3. The van der Waals surface area contributed by atoms with E-state index in [9.17, 15) is 0 Å². The van der Waals surface area contributed by atoms with Crippen LogP contribution in [0.15, 0.2) is 109 Å². The quantitative estimate of drug-likeness (QED) is 0.166. The van der Waals surface area contributed by atoms with Crippen LogP contribution in [-0.4, -0.2) is 23.3 Å². The molecule has 9 rings (SSSR count). The average Bonchev–Trinajstić information content (AvgIpc) is 3.52. The highest BCUT2D eigenvalue weighted by molar-refractivity contribution is 6.07. The highest BCUT2D eigenvalue weighted by atomic mass is 16.5. The van der Waals surface area contributed by atoms with E-state index in [1.807, 2.05) is 24.4 Å². The lowest BCUT2D eigenvalue weighted by Gasteiger charge is -2.54. The van der Waals surface area contributed by atoms with E-state index in [-0.39, 0.29) is 5.41 Å². The van der Waals surface area contributed by atoms with Gasteiger partial charge in [0.15, 0.2) is 18.0 Å². The molecular weight excluding hydrogens is 504 g/mol. The van der Waals surface area contributed by atoms with E-state index in [2.05, 4.69) is 124 Å². The molecule has 1 saturated heterocycles. The summed E-state index contributed by atoms with van der Waals surface area (Å²) >= 11 is 0. The minimum absolute atomic E-state index is 0.125. The van der Waals surface area contributed by atoms with Crippen LogP contribution in [0.25, 0.3) is 27.6 Å². The van der Waals surface area contributed by atoms with Crippen LogP contribution in [0, 0.1) is 6.67 Å². The van der Waals surface area contributed by atoms with Crippen molar-refractivity contribution in [2.24, 2.45) is 0 Å². The van der Waals surface area contributed by atoms with Gasteiger partial charge < -0.3 is 9.22 Å². The Morgan fingerprint density at radius 2 is 1.54 bits per heavy atom. The molecule has 0 N–H and O–H groups in total. The third-order valence-electron chi connectivity index (χ3n) is 8.81. The largest absolute Gasteiger partial charge is 0.457 e. The number of nitrogens with zero attached hydrogens (tertiary/aromatic N) is 4. The van der Waals surface area contributed by atoms with Crippen molar-refractivity contribution < 1.29 is 4.74 Å². The fourth-order valence-corrected chi connectivity index (χ4v) is 6.85. The summed E-state index contributed by atoms with van der Waals surface area (Å²) in [7, 11) is 2.31. The summed E-state index contributed by atoms with van der Waals surface area (Å²) in [5.74, 6) is 1.63. The van der Waals surface area contributed by atoms with Gasteiger partial charge in [-0.25, -0.2) is 4.98 Å². The molecule has 3 aliphatic heterocycles. The first kappa shape index (κ1) is 24.4. The molecule has 4 aromatic carbocycles. The molecule has 1 fully saturated rings. The molecule has 0 amide bonds. The Kier molecular flexibility index (Phi) is 4.92. The number of hydrogen-bond acceptors (Lipinski definition) is 2. The summed E-state index contributed by atoms with van der Waals surface area (Å²) in [6.07, 6.45) is 1.85. The predicted octanol–water partition coefficient (Wildman–Crippen LogP) is 8.95. The van der Waals surface area contributed by atoms with Crippen LogP contribution in [0.4, 0.5) is 17.1 Å². The second-order valence-electron chi connectivity index (χ2n) is 12.7. The third-order valence-corrected chi connectivity index (χ3v) is 8.81. The number of pyridine rings is 1. The number of hydrogen-bond donors (Lipinski definition) is 0. The van der Waals surface area contributed by atoms with Gasteiger partial charge in [0.2, 0.25) is 0 Å². The summed E-state index contributed by atoms with van der Waals surface area (Å²) in [6, 6.07) is 36.5. The van der Waals surface area contributed by atoms with Crippen LogP contribution in [0.2, 0.25) is 0 Å². The number of para-hydroxylation sites is 1. The predicted molar refractivity (Wildman–Crippen MR) is 169 cm³/mol. The maximum absolute atomic E-state index is 6.52. The number of benzene rings is 4. The fourth-order valence-electron chi connectivity index (χ4n) is 6.85. The Bertz CT molecular complexity index is 1940. The summed E-state index contributed by atoms with van der Waals surface area (Å²) in [5.41, 5.74) is 8.59. The van der Waals surface area contributed by atoms with Crippen LogP contribution in [0.5, 0.6) is 11.5 Å². The first-order valence-electron chi connectivity index (χ1n) is 14.2. The van der Waals surface area contributed by atoms with E-state index in [4.69, 9.17) is 9.72 Å². The van der Waals surface area contributed by atoms with Crippen LogP contribution in [-0.2, 0) is 5.41 Å². The molecule has 0 aliphatic carbocycles. The van der Waals surface area contributed by atoms with Gasteiger partial charge in [0.05, 0.1) is 24.9 Å². The van der Waals surface area contributed by atoms with Crippen LogP contribution < -0.4 is 13.7 Å². The summed E-state index contributed by atoms with van der Waals surface area (Å²) in [5, 5.41) is 2.34. The Balaban J connectivity index is 1.15. The maximum atomic E-state index is 6.52. The van der Waals surface area contributed by atoms with E-state index >= 15 is 0 Å². The second-order valence-corrected chi connectivity index (χ2v) is 12.7. The second kappa shape index (κ2) is 8.29. The lowest BCUT2D eigenvalue weighted by molar-refractivity contribution is 0.157. The zero-order valence-corrected chi connectivity index (χ0v) is 23.9. The monoisotopic (exact) mass is 537 g/mol. The number of ether oxygens (including phenoxy) is 1. The molecule has 202 valence electrons. The van der Waals surface area contributed by atoms with Crippen molar-refractivity contribution in [3.63, 3.8) is 0 Å². The molecule has 0 saturated carbocycles. The Labute approximate surface area is 240 Å². The zero-order chi connectivity index (χ0) is 28.0. The third kappa shape index (κ3) is 3.52. The van der Waals surface area contributed by atoms with Gasteiger partial charge >= 0.3 is 0 Å². The molecule has 2 bridgehead atoms. The molecular formula is C36H33N4O+. The molecule has 3 aliphatic rings. The molecule has 5 heteroatoms. The number of quaternary nitrogens is 2. The minimum Gasteiger partial charge on any atom is -0.457 e. The number of fused-ring (bicyclic) bond motifs is 3. The van der Waals surface area contributed by atoms with E-state index < -0.39 is 0 Å². The smallest absolute Gasteiger partial charge is 0.181 e. The molecule has 5 nitrogen and oxygen atoms in total. The Morgan fingerprint density at radius 3 is 2.37 bits per heavy atom. The molecule has 2 aromatic heterocycles. The molecule has 5 heterocycles. The standard InChI is InChI=1S/C36H33N4O/c1-36(2,3)25-17-18-33-34(20-25)39(4)23-40(33,24-39)27-11-8-13-29(22-27)41-28-12-7-10-26(21-28)38-32-16-6-5-14-30(32)31-15-9-19-37-35(31)38/h5-23H,24H2,1-4H3/q+1/t39-,40+/m0/s1. The van der Waals surface area contributed by atoms with Crippen molar-refractivity contribution in [1.82, 2.24) is 18.5 Å². The van der Waals surface area contributed by atoms with Gasteiger partial charge in [-0.2, -0.15) is 0 Å². The Morgan fingerprint density at radius 1 is 0.780 bits per heavy atom. The van der Waals surface area contributed by atoms with Gasteiger partial charge in [-0.05, 0) is 53.4 Å². The van der Waals surface area contributed by atoms with Gasteiger partial charge in [0.25, 0.3) is 0 Å². The van der Waals surface area contributed by atoms with Crippen molar-refractivity contribution >= 4 is 39.0 Å². The van der Waals surface area contributed by atoms with Gasteiger partial charge in [-0.15, -0.1) is 0 Å². The highest BCUT2D eigenvalue weighted by Gasteiger charge is 2.59. The topological polar surface area (TPSA) is 27.1 Å². The Hall–Kier alpha value is -4.45. The zero-order valence-electron chi connectivity index (χ0n) is 23.9. The van der Waals surface area contributed by atoms with Crippen LogP contribution >= 0.6 is 0 Å². The SMILES string of the molecule is CC(C)(C)c1ccc2c(c1)[N@@+]1(C)[CH-][N@+]2(c2cccc(Oc3cccc(-n4c5ccccc5c5cccnc54)c3)c2)C1. The van der Waals surface area contributed by atoms with Crippen molar-refractivity contribution in [3.05, 3.63) is 122 Å². The lowest BCUT2D eigenvalue weighted by Crippen LogP contribution is -2.68. The minimum atomic E-state index is 0.125. The van der Waals surface area contributed by atoms with Crippen molar-refractivity contribution in [3.8, 4) is 17.2 Å². The summed E-state index contributed by atoms with van der Waals surface area (Å²) in [4.78, 5) is 4.73. The van der Waals surface area contributed by atoms with Crippen molar-refractivity contribution in [2.45, 2.75) is 26.2 Å². The number of aromatic nitrogens is 2. The molecule has 0 radical (unpaired) electrons. The van der Waals surface area contributed by atoms with Gasteiger partial charge in [0, 0.05) is 41.2 Å². The average molecular weight is 538 g/mol. The van der Waals surface area contributed by atoms with Crippen LogP contribution in [0.1, 0.15) is 26.3 Å². The first-order valence-corrected chi connectivity index (χ1v) is 14.2. The van der Waals surface area contributed by atoms with Gasteiger partial charge in [-0.3, -0.25) is 9.05 Å². The number of rotatable bonds is 4. The van der Waals surface area contributed by atoms with E-state index in [0.717, 1.165) is 49.4 Å². The van der Waals surface area contributed by atoms with E-state index in [1.54, 1.807) is 0 Å². The van der Waals surface area contributed by atoms with Crippen molar-refractivity contribution in [1.29, 1.82) is 0 Å². The lowest BCUT2D eigenvalue weighted by atomic mass is 9.86. The normalized spacial score (nSPS) is 21.2. The van der Waals surface area contributed by atoms with E-state index in [0.29, 0.717) is 0 Å². The summed E-state index contributed by atoms with van der Waals surface area (Å²) < 4.78 is 10.3. The highest BCUT2D eigenvalue weighted by Crippen LogP contribution is 2.61. The first-order chi connectivity index (χ1) is 19.8. The van der Waals surface area contributed by atoms with Crippen LogP contribution in [0.3, 0.4) is 0 Å². The van der Waals surface area contributed by atoms with Gasteiger partial charge in [-0.1, -0.05) is 57.2 Å². The van der Waals surface area contributed by atoms with E-state index in [1.165, 1.54) is 28.0 Å². The van der Waals surface area contributed by atoms with Gasteiger partial charge in [0.1, 0.15) is 22.8 Å². The molecule has 0 unspecified atom stereocenters. The molecule has 41 heavy (non-hydrogen) atoms. The molecule has 0 spiro atoms. The fraction of sp³-hybridized carbons (Fsp3) is 0.167.